The lowest BCUT2D eigenvalue weighted by atomic mass is 10.1. The van der Waals surface area contributed by atoms with Gasteiger partial charge in [0.1, 0.15) is 0 Å². The van der Waals surface area contributed by atoms with Gasteiger partial charge in [-0.25, -0.2) is 4.79 Å². The number of nitrogens with one attached hydrogen (secondary N) is 4. The first-order valence-electron chi connectivity index (χ1n) is 10.8. The molecule has 2 atom stereocenters. The van der Waals surface area contributed by atoms with Crippen molar-refractivity contribution in [3.63, 3.8) is 0 Å². The van der Waals surface area contributed by atoms with Crippen molar-refractivity contribution in [2.45, 2.75) is 46.6 Å². The Morgan fingerprint density at radius 1 is 0.758 bits per heavy atom. The monoisotopic (exact) mass is 456 g/mol. The normalized spacial score (nSPS) is 11.6. The lowest BCUT2D eigenvalue weighted by Gasteiger charge is -2.16. The second-order valence-electron chi connectivity index (χ2n) is 7.18. The SMILES string of the molecule is CC.CC(CC(=O)Nc1ccc(NC(=O)Nc2ccccc2)cc1)C(=O)N[C@H](C)CC(=O)O. The molecule has 9 heteroatoms. The fourth-order valence-corrected chi connectivity index (χ4v) is 2.73. The number of benzene rings is 2. The lowest BCUT2D eigenvalue weighted by Crippen LogP contribution is -2.38. The molecular formula is C24H32N4O5. The minimum Gasteiger partial charge on any atom is -0.481 e. The highest BCUT2D eigenvalue weighted by Gasteiger charge is 2.19. The van der Waals surface area contributed by atoms with Gasteiger partial charge in [-0.3, -0.25) is 14.4 Å². The number of carboxylic acids is 1. The van der Waals surface area contributed by atoms with Gasteiger partial charge in [0.25, 0.3) is 0 Å². The molecule has 0 radical (unpaired) electrons. The topological polar surface area (TPSA) is 137 Å². The van der Waals surface area contributed by atoms with Crippen LogP contribution in [-0.4, -0.2) is 35.0 Å². The first-order valence-corrected chi connectivity index (χ1v) is 10.8. The number of amides is 4. The predicted octanol–water partition coefficient (Wildman–Crippen LogP) is 4.30. The summed E-state index contributed by atoms with van der Waals surface area (Å²) in [5.74, 6) is -2.35. The molecule has 0 saturated heterocycles. The highest BCUT2D eigenvalue weighted by atomic mass is 16.4. The molecule has 0 bridgehead atoms. The number of carbonyl (C=O) groups is 4. The quantitative estimate of drug-likeness (QED) is 0.383. The summed E-state index contributed by atoms with van der Waals surface area (Å²) in [7, 11) is 0. The molecule has 1 unspecified atom stereocenters. The van der Waals surface area contributed by atoms with E-state index in [1.807, 2.05) is 32.0 Å². The van der Waals surface area contributed by atoms with Crippen LogP contribution in [0.3, 0.4) is 0 Å². The third kappa shape index (κ3) is 10.8. The number of carbonyl (C=O) groups excluding carboxylic acids is 3. The van der Waals surface area contributed by atoms with Gasteiger partial charge in [-0.15, -0.1) is 0 Å². The van der Waals surface area contributed by atoms with Gasteiger partial charge in [0.05, 0.1) is 6.42 Å². The molecule has 0 saturated carbocycles. The number of hydrogen-bond acceptors (Lipinski definition) is 4. The maximum absolute atomic E-state index is 12.2. The average molecular weight is 457 g/mol. The van der Waals surface area contributed by atoms with Gasteiger partial charge in [-0.1, -0.05) is 39.0 Å². The molecule has 2 rings (SSSR count). The summed E-state index contributed by atoms with van der Waals surface area (Å²) >= 11 is 0. The molecule has 0 aromatic heterocycles. The van der Waals surface area contributed by atoms with Crippen molar-refractivity contribution in [2.75, 3.05) is 16.0 Å². The Morgan fingerprint density at radius 2 is 1.24 bits per heavy atom. The van der Waals surface area contributed by atoms with Crippen molar-refractivity contribution in [3.8, 4) is 0 Å². The molecule has 2 aromatic rings. The van der Waals surface area contributed by atoms with Crippen LogP contribution in [-0.2, 0) is 14.4 Å². The molecule has 4 amide bonds. The molecule has 0 fully saturated rings. The van der Waals surface area contributed by atoms with E-state index in [0.29, 0.717) is 17.1 Å². The number of carboxylic acid groups (broad SMARTS) is 1. The molecule has 5 N–H and O–H groups in total. The predicted molar refractivity (Wildman–Crippen MR) is 129 cm³/mol. The van der Waals surface area contributed by atoms with Crippen LogP contribution in [0.15, 0.2) is 54.6 Å². The van der Waals surface area contributed by atoms with E-state index in [1.165, 1.54) is 0 Å². The van der Waals surface area contributed by atoms with Gasteiger partial charge in [-0.05, 0) is 43.3 Å². The minimum absolute atomic E-state index is 0.0505. The summed E-state index contributed by atoms with van der Waals surface area (Å²) < 4.78 is 0. The van der Waals surface area contributed by atoms with Gasteiger partial charge in [-0.2, -0.15) is 0 Å². The van der Waals surface area contributed by atoms with Crippen LogP contribution >= 0.6 is 0 Å². The van der Waals surface area contributed by atoms with E-state index < -0.39 is 17.9 Å². The number of rotatable bonds is 9. The largest absolute Gasteiger partial charge is 0.481 e. The maximum atomic E-state index is 12.2. The summed E-state index contributed by atoms with van der Waals surface area (Å²) in [6.07, 6.45) is -0.237. The van der Waals surface area contributed by atoms with Crippen LogP contribution in [0.5, 0.6) is 0 Å². The van der Waals surface area contributed by atoms with E-state index in [-0.39, 0.29) is 30.7 Å². The Hall–Kier alpha value is -3.88. The Labute approximate surface area is 194 Å². The molecule has 0 aliphatic heterocycles. The Bertz CT molecular complexity index is 916. The first kappa shape index (κ1) is 27.2. The van der Waals surface area contributed by atoms with Crippen molar-refractivity contribution in [1.29, 1.82) is 0 Å². The van der Waals surface area contributed by atoms with Crippen LogP contribution in [0, 0.1) is 5.92 Å². The van der Waals surface area contributed by atoms with Crippen LogP contribution in [0.25, 0.3) is 0 Å². The van der Waals surface area contributed by atoms with E-state index in [1.54, 1.807) is 50.2 Å². The zero-order valence-corrected chi connectivity index (χ0v) is 19.3. The molecule has 2 aromatic carbocycles. The highest BCUT2D eigenvalue weighted by molar-refractivity contribution is 6.00. The van der Waals surface area contributed by atoms with Gasteiger partial charge in [0, 0.05) is 35.4 Å². The van der Waals surface area contributed by atoms with E-state index in [9.17, 15) is 19.2 Å². The Morgan fingerprint density at radius 3 is 1.76 bits per heavy atom. The van der Waals surface area contributed by atoms with Gasteiger partial charge >= 0.3 is 12.0 Å². The number of aliphatic carboxylic acids is 1. The summed E-state index contributed by atoms with van der Waals surface area (Å²) in [6.45, 7) is 7.19. The summed E-state index contributed by atoms with van der Waals surface area (Å²) in [5.41, 5.74) is 1.73. The van der Waals surface area contributed by atoms with Crippen molar-refractivity contribution >= 4 is 40.9 Å². The molecule has 33 heavy (non-hydrogen) atoms. The lowest BCUT2D eigenvalue weighted by molar-refractivity contribution is -0.138. The first-order chi connectivity index (χ1) is 15.7. The van der Waals surface area contributed by atoms with Crippen molar-refractivity contribution < 1.29 is 24.3 Å². The third-order valence-electron chi connectivity index (χ3n) is 4.27. The fraction of sp³-hybridized carbons (Fsp3) is 0.333. The number of anilines is 3. The maximum Gasteiger partial charge on any atom is 0.323 e. The summed E-state index contributed by atoms with van der Waals surface area (Å²) in [6, 6.07) is 14.7. The molecule has 0 aliphatic rings. The zero-order valence-electron chi connectivity index (χ0n) is 19.3. The molecular weight excluding hydrogens is 424 g/mol. The van der Waals surface area contributed by atoms with E-state index in [2.05, 4.69) is 21.3 Å². The fourth-order valence-electron chi connectivity index (χ4n) is 2.73. The summed E-state index contributed by atoms with van der Waals surface area (Å²) in [4.78, 5) is 46.9. The van der Waals surface area contributed by atoms with Crippen LogP contribution in [0.4, 0.5) is 21.9 Å². The van der Waals surface area contributed by atoms with Crippen LogP contribution in [0.2, 0.25) is 0 Å². The second kappa shape index (κ2) is 14.2. The molecule has 178 valence electrons. The Kier molecular flexibility index (Phi) is 11.7. The van der Waals surface area contributed by atoms with Crippen molar-refractivity contribution in [3.05, 3.63) is 54.6 Å². The highest BCUT2D eigenvalue weighted by Crippen LogP contribution is 2.15. The number of urea groups is 1. The van der Waals surface area contributed by atoms with Gasteiger partial charge in [0.2, 0.25) is 11.8 Å². The smallest absolute Gasteiger partial charge is 0.323 e. The van der Waals surface area contributed by atoms with Crippen molar-refractivity contribution in [1.82, 2.24) is 5.32 Å². The Balaban J connectivity index is 0.00000265. The number of hydrogen-bond donors (Lipinski definition) is 5. The molecule has 0 spiro atoms. The summed E-state index contributed by atoms with van der Waals surface area (Å²) in [5, 5.41) is 19.4. The van der Waals surface area contributed by atoms with Gasteiger partial charge < -0.3 is 26.4 Å². The van der Waals surface area contributed by atoms with E-state index >= 15 is 0 Å². The minimum atomic E-state index is -1.01. The third-order valence-corrected chi connectivity index (χ3v) is 4.27. The van der Waals surface area contributed by atoms with E-state index in [4.69, 9.17) is 5.11 Å². The molecule has 0 heterocycles. The zero-order chi connectivity index (χ0) is 24.8. The number of para-hydroxylation sites is 1. The van der Waals surface area contributed by atoms with E-state index in [0.717, 1.165) is 0 Å². The average Bonchev–Trinajstić information content (AvgIpc) is 2.76. The van der Waals surface area contributed by atoms with Crippen LogP contribution < -0.4 is 21.3 Å². The van der Waals surface area contributed by atoms with Gasteiger partial charge in [0.15, 0.2) is 0 Å². The standard InChI is InChI=1S/C22H26N4O5.C2H6/c1-14(21(30)23-15(2)13-20(28)29)12-19(27)24-17-8-10-18(11-9-17)26-22(31)25-16-6-4-3-5-7-16;1-2/h3-11,14-15H,12-13H2,1-2H3,(H,23,30)(H,24,27)(H,28,29)(H2,25,26,31);1-2H3/t14?,15-;/m1./s1. The molecule has 9 nitrogen and oxygen atoms in total. The van der Waals surface area contributed by atoms with Crippen LogP contribution in [0.1, 0.15) is 40.5 Å². The molecule has 0 aliphatic carbocycles. The second-order valence-corrected chi connectivity index (χ2v) is 7.18. The van der Waals surface area contributed by atoms with Crippen molar-refractivity contribution in [2.24, 2.45) is 5.92 Å².